The average molecular weight is 153 g/mol. The third kappa shape index (κ3) is 1.04. The quantitative estimate of drug-likeness (QED) is 0.549. The van der Waals surface area contributed by atoms with Gasteiger partial charge in [0.15, 0.2) is 0 Å². The maximum atomic E-state index is 11.2. The molecular formula is C8H11NO2. The summed E-state index contributed by atoms with van der Waals surface area (Å²) in [6, 6.07) is 0.178. The van der Waals surface area contributed by atoms with Gasteiger partial charge in [-0.2, -0.15) is 0 Å². The fraction of sp³-hybridized carbons (Fsp3) is 0.750. The van der Waals surface area contributed by atoms with E-state index in [0.29, 0.717) is 12.2 Å². The van der Waals surface area contributed by atoms with Crippen molar-refractivity contribution >= 4 is 11.7 Å². The summed E-state index contributed by atoms with van der Waals surface area (Å²) in [6.07, 6.45) is 3.27. The zero-order valence-corrected chi connectivity index (χ0v) is 6.30. The lowest BCUT2D eigenvalue weighted by Crippen LogP contribution is -2.53. The van der Waals surface area contributed by atoms with E-state index < -0.39 is 0 Å². The molecule has 1 saturated heterocycles. The van der Waals surface area contributed by atoms with E-state index in [0.717, 1.165) is 19.3 Å². The van der Waals surface area contributed by atoms with Crippen molar-refractivity contribution in [2.24, 2.45) is 5.92 Å². The predicted molar refractivity (Wildman–Crippen MR) is 38.9 cm³/mol. The number of hydrogen-bond donors (Lipinski definition) is 1. The molecule has 3 heteroatoms. The van der Waals surface area contributed by atoms with E-state index in [9.17, 15) is 9.59 Å². The molecule has 2 rings (SSSR count). The van der Waals surface area contributed by atoms with E-state index in [-0.39, 0.29) is 17.9 Å². The van der Waals surface area contributed by atoms with Gasteiger partial charge in [0.05, 0.1) is 0 Å². The summed E-state index contributed by atoms with van der Waals surface area (Å²) < 4.78 is 0. The number of Topliss-reactive ketones (excluding diaryl/α,β-unsaturated/α-hetero) is 1. The van der Waals surface area contributed by atoms with Gasteiger partial charge < -0.3 is 5.32 Å². The van der Waals surface area contributed by atoms with Gasteiger partial charge in [-0.3, -0.25) is 9.59 Å². The van der Waals surface area contributed by atoms with E-state index >= 15 is 0 Å². The van der Waals surface area contributed by atoms with Gasteiger partial charge in [-0.05, 0) is 12.8 Å². The van der Waals surface area contributed by atoms with Crippen molar-refractivity contribution in [2.75, 3.05) is 0 Å². The van der Waals surface area contributed by atoms with E-state index in [4.69, 9.17) is 0 Å². The molecule has 1 saturated carbocycles. The second-order valence-electron chi connectivity index (χ2n) is 3.34. The number of nitrogens with one attached hydrogen (secondary N) is 1. The normalized spacial score (nSPS) is 36.7. The molecule has 1 amide bonds. The Morgan fingerprint density at radius 3 is 2.55 bits per heavy atom. The first-order valence-electron chi connectivity index (χ1n) is 4.09. The largest absolute Gasteiger partial charge is 0.352 e. The van der Waals surface area contributed by atoms with Crippen molar-refractivity contribution in [2.45, 2.75) is 31.7 Å². The molecule has 0 radical (unpaired) electrons. The van der Waals surface area contributed by atoms with Crippen LogP contribution in [-0.4, -0.2) is 17.7 Å². The highest BCUT2D eigenvalue weighted by Crippen LogP contribution is 2.28. The molecule has 0 unspecified atom stereocenters. The molecule has 0 bridgehead atoms. The molecule has 0 spiro atoms. The van der Waals surface area contributed by atoms with Gasteiger partial charge in [0, 0.05) is 24.8 Å². The highest BCUT2D eigenvalue weighted by molar-refractivity contribution is 5.89. The highest BCUT2D eigenvalue weighted by Gasteiger charge is 2.38. The van der Waals surface area contributed by atoms with Crippen LogP contribution in [-0.2, 0) is 9.59 Å². The van der Waals surface area contributed by atoms with Crippen molar-refractivity contribution < 1.29 is 9.59 Å². The number of carbonyl (C=O) groups is 2. The number of amides is 1. The summed E-state index contributed by atoms with van der Waals surface area (Å²) in [6.45, 7) is 0. The van der Waals surface area contributed by atoms with Gasteiger partial charge >= 0.3 is 0 Å². The Morgan fingerprint density at radius 2 is 2.09 bits per heavy atom. The average Bonchev–Trinajstić information content (AvgIpc) is 2.29. The highest BCUT2D eigenvalue weighted by atomic mass is 16.2. The molecule has 0 aromatic heterocycles. The lowest BCUT2D eigenvalue weighted by atomic mass is 9.89. The molecule has 11 heavy (non-hydrogen) atoms. The Hall–Kier alpha value is -0.860. The Balaban J connectivity index is 1.95. The van der Waals surface area contributed by atoms with Crippen LogP contribution in [0.3, 0.4) is 0 Å². The smallest absolute Gasteiger partial charge is 0.222 e. The fourth-order valence-corrected chi connectivity index (χ4v) is 1.90. The van der Waals surface area contributed by atoms with Gasteiger partial charge in [0.1, 0.15) is 5.78 Å². The van der Waals surface area contributed by atoms with Gasteiger partial charge in [0.2, 0.25) is 5.91 Å². The topological polar surface area (TPSA) is 46.2 Å². The van der Waals surface area contributed by atoms with Crippen LogP contribution in [0.5, 0.6) is 0 Å². The predicted octanol–water partition coefficient (Wildman–Crippen LogP) is 0.244. The second kappa shape index (κ2) is 2.32. The molecule has 60 valence electrons. The molecule has 1 N–H and O–H groups in total. The SMILES string of the molecule is O=C1C[C@H]([C@@H]2CCCC2=O)N1. The molecule has 0 aromatic rings. The number of hydrogen-bond acceptors (Lipinski definition) is 2. The first-order valence-corrected chi connectivity index (χ1v) is 4.09. The first kappa shape index (κ1) is 6.83. The minimum Gasteiger partial charge on any atom is -0.352 e. The molecule has 1 aliphatic carbocycles. The van der Waals surface area contributed by atoms with Crippen molar-refractivity contribution in [1.82, 2.24) is 5.32 Å². The van der Waals surface area contributed by atoms with Gasteiger partial charge in [-0.25, -0.2) is 0 Å². The van der Waals surface area contributed by atoms with Crippen molar-refractivity contribution in [3.8, 4) is 0 Å². The Bertz CT molecular complexity index is 204. The summed E-state index contributed by atoms with van der Waals surface area (Å²) in [5.41, 5.74) is 0. The molecule has 2 aliphatic rings. The fourth-order valence-electron chi connectivity index (χ4n) is 1.90. The minimum atomic E-state index is 0.0923. The van der Waals surface area contributed by atoms with Crippen LogP contribution < -0.4 is 5.32 Å². The molecule has 1 aliphatic heterocycles. The molecule has 2 atom stereocenters. The van der Waals surface area contributed by atoms with E-state index in [1.165, 1.54) is 0 Å². The Labute approximate surface area is 65.2 Å². The monoisotopic (exact) mass is 153 g/mol. The number of ketones is 1. The molecule has 2 fully saturated rings. The van der Waals surface area contributed by atoms with Crippen molar-refractivity contribution in [3.05, 3.63) is 0 Å². The first-order chi connectivity index (χ1) is 5.27. The zero-order valence-electron chi connectivity index (χ0n) is 6.30. The molecule has 1 heterocycles. The third-order valence-electron chi connectivity index (χ3n) is 2.59. The maximum Gasteiger partial charge on any atom is 0.222 e. The van der Waals surface area contributed by atoms with E-state index in [2.05, 4.69) is 5.32 Å². The van der Waals surface area contributed by atoms with Crippen LogP contribution in [0, 0.1) is 5.92 Å². The summed E-state index contributed by atoms with van der Waals surface area (Å²) in [5, 5.41) is 2.76. The summed E-state index contributed by atoms with van der Waals surface area (Å²) in [4.78, 5) is 21.7. The Morgan fingerprint density at radius 1 is 1.36 bits per heavy atom. The van der Waals surface area contributed by atoms with Crippen molar-refractivity contribution in [3.63, 3.8) is 0 Å². The van der Waals surface area contributed by atoms with Crippen LogP contribution >= 0.6 is 0 Å². The van der Waals surface area contributed by atoms with Gasteiger partial charge in [-0.1, -0.05) is 0 Å². The zero-order chi connectivity index (χ0) is 7.84. The van der Waals surface area contributed by atoms with Crippen LogP contribution in [0.15, 0.2) is 0 Å². The van der Waals surface area contributed by atoms with Crippen LogP contribution in [0.1, 0.15) is 25.7 Å². The minimum absolute atomic E-state index is 0.0923. The standard InChI is InChI=1S/C8H11NO2/c10-7-3-1-2-5(7)6-4-8(11)9-6/h5-6H,1-4H2,(H,9,11)/t5-,6+/m0/s1. The van der Waals surface area contributed by atoms with Crippen LogP contribution in [0.4, 0.5) is 0 Å². The van der Waals surface area contributed by atoms with E-state index in [1.807, 2.05) is 0 Å². The number of carbonyl (C=O) groups excluding carboxylic acids is 2. The lowest BCUT2D eigenvalue weighted by molar-refractivity contribution is -0.131. The summed E-state index contributed by atoms with van der Waals surface area (Å²) >= 11 is 0. The van der Waals surface area contributed by atoms with Crippen LogP contribution in [0.2, 0.25) is 0 Å². The molecule has 3 nitrogen and oxygen atoms in total. The van der Waals surface area contributed by atoms with Gasteiger partial charge in [-0.15, -0.1) is 0 Å². The van der Waals surface area contributed by atoms with E-state index in [1.54, 1.807) is 0 Å². The van der Waals surface area contributed by atoms with Crippen molar-refractivity contribution in [1.29, 1.82) is 0 Å². The maximum absolute atomic E-state index is 11.2. The lowest BCUT2D eigenvalue weighted by Gasteiger charge is -2.31. The Kier molecular flexibility index (Phi) is 1.44. The second-order valence-corrected chi connectivity index (χ2v) is 3.34. The molecular weight excluding hydrogens is 142 g/mol. The van der Waals surface area contributed by atoms with Crippen LogP contribution in [0.25, 0.3) is 0 Å². The number of β-lactam (4-membered cyclic amide) rings is 1. The van der Waals surface area contributed by atoms with Gasteiger partial charge in [0.25, 0.3) is 0 Å². The number of rotatable bonds is 1. The summed E-state index contributed by atoms with van der Waals surface area (Å²) in [5.74, 6) is 0.581. The summed E-state index contributed by atoms with van der Waals surface area (Å²) in [7, 11) is 0. The molecule has 0 aromatic carbocycles. The third-order valence-corrected chi connectivity index (χ3v) is 2.59.